The zero-order valence-corrected chi connectivity index (χ0v) is 10.2. The Morgan fingerprint density at radius 3 is 2.62 bits per heavy atom. The van der Waals surface area contributed by atoms with Crippen LogP contribution < -0.4 is 0 Å². The van der Waals surface area contributed by atoms with Crippen LogP contribution in [0.15, 0.2) is 42.6 Å². The number of hydrogen-bond acceptors (Lipinski definition) is 0. The molecule has 1 aromatic carbocycles. The maximum absolute atomic E-state index is 4.06. The van der Waals surface area contributed by atoms with Crippen LogP contribution in [0.5, 0.6) is 0 Å². The van der Waals surface area contributed by atoms with Gasteiger partial charge in [-0.05, 0) is 30.4 Å². The first-order valence-corrected chi connectivity index (χ1v) is 5.82. The van der Waals surface area contributed by atoms with Crippen LogP contribution in [0.1, 0.15) is 32.3 Å². The number of para-hydroxylation sites is 1. The van der Waals surface area contributed by atoms with Gasteiger partial charge in [0, 0.05) is 17.1 Å². The van der Waals surface area contributed by atoms with Gasteiger partial charge in [0.1, 0.15) is 0 Å². The third-order valence-corrected chi connectivity index (χ3v) is 3.64. The molecule has 84 valence electrons. The van der Waals surface area contributed by atoms with E-state index < -0.39 is 0 Å². The fourth-order valence-electron chi connectivity index (χ4n) is 2.17. The van der Waals surface area contributed by atoms with E-state index in [1.54, 1.807) is 0 Å². The minimum absolute atomic E-state index is 0.508. The molecule has 1 nitrogen and oxygen atoms in total. The lowest BCUT2D eigenvalue weighted by molar-refractivity contribution is 0.565. The molecule has 2 unspecified atom stereocenters. The number of rotatable bonds is 3. The Bertz CT molecular complexity index is 507. The minimum atomic E-state index is 0.508. The van der Waals surface area contributed by atoms with Crippen LogP contribution in [0.2, 0.25) is 0 Å². The van der Waals surface area contributed by atoms with E-state index in [-0.39, 0.29) is 0 Å². The Balaban J connectivity index is 2.44. The predicted octanol–water partition coefficient (Wildman–Crippen LogP) is 4.48. The van der Waals surface area contributed by atoms with Crippen molar-refractivity contribution in [2.75, 3.05) is 0 Å². The summed E-state index contributed by atoms with van der Waals surface area (Å²) >= 11 is 0. The van der Waals surface area contributed by atoms with Crippen LogP contribution in [0, 0.1) is 5.92 Å². The Kier molecular flexibility index (Phi) is 2.86. The highest BCUT2D eigenvalue weighted by molar-refractivity contribution is 5.83. The van der Waals surface area contributed by atoms with E-state index in [0.29, 0.717) is 11.8 Å². The van der Waals surface area contributed by atoms with E-state index in [0.717, 1.165) is 0 Å². The number of benzene rings is 1. The molecule has 16 heavy (non-hydrogen) atoms. The number of nitrogens with one attached hydrogen (secondary N) is 1. The maximum Gasteiger partial charge on any atom is 0.0456 e. The zero-order chi connectivity index (χ0) is 11.7. The minimum Gasteiger partial charge on any atom is -0.361 e. The van der Waals surface area contributed by atoms with Gasteiger partial charge in [-0.1, -0.05) is 44.2 Å². The fraction of sp³-hybridized carbons (Fsp3) is 0.333. The van der Waals surface area contributed by atoms with Crippen LogP contribution in [-0.2, 0) is 0 Å². The monoisotopic (exact) mass is 213 g/mol. The summed E-state index contributed by atoms with van der Waals surface area (Å²) in [6.45, 7) is 10.7. The molecule has 2 atom stereocenters. The highest BCUT2D eigenvalue weighted by atomic mass is 14.7. The quantitative estimate of drug-likeness (QED) is 0.723. The summed E-state index contributed by atoms with van der Waals surface area (Å²) in [5.74, 6) is 1.02. The standard InChI is InChI=1S/C15H19N/c1-10(2)11(3)12(4)14-9-16-15-8-6-5-7-13(14)15/h5-9,11-12,16H,1H2,2-4H3. The molecule has 1 heteroatoms. The second-order valence-corrected chi connectivity index (χ2v) is 4.71. The molecule has 1 aromatic heterocycles. The fourth-order valence-corrected chi connectivity index (χ4v) is 2.17. The Morgan fingerprint density at radius 1 is 1.25 bits per heavy atom. The van der Waals surface area contributed by atoms with Crippen LogP contribution >= 0.6 is 0 Å². The second kappa shape index (κ2) is 4.17. The number of aromatic nitrogens is 1. The molecule has 2 aromatic rings. The smallest absolute Gasteiger partial charge is 0.0456 e. The summed E-state index contributed by atoms with van der Waals surface area (Å²) in [7, 11) is 0. The Labute approximate surface area is 97.2 Å². The molecule has 1 heterocycles. The average Bonchev–Trinajstić information content (AvgIpc) is 2.70. The number of fused-ring (bicyclic) bond motifs is 1. The van der Waals surface area contributed by atoms with Gasteiger partial charge in [-0.25, -0.2) is 0 Å². The highest BCUT2D eigenvalue weighted by Gasteiger charge is 2.17. The molecular weight excluding hydrogens is 194 g/mol. The van der Waals surface area contributed by atoms with Crippen molar-refractivity contribution in [3.8, 4) is 0 Å². The molecule has 0 radical (unpaired) electrons. The third kappa shape index (κ3) is 1.78. The van der Waals surface area contributed by atoms with E-state index >= 15 is 0 Å². The molecule has 2 rings (SSSR count). The number of allylic oxidation sites excluding steroid dienone is 1. The topological polar surface area (TPSA) is 15.8 Å². The first-order valence-electron chi connectivity index (χ1n) is 5.82. The first-order chi connectivity index (χ1) is 7.61. The van der Waals surface area contributed by atoms with Gasteiger partial charge in [0.15, 0.2) is 0 Å². The van der Waals surface area contributed by atoms with Crippen molar-refractivity contribution in [1.82, 2.24) is 4.98 Å². The van der Waals surface area contributed by atoms with E-state index in [9.17, 15) is 0 Å². The summed E-state index contributed by atoms with van der Waals surface area (Å²) in [6.07, 6.45) is 2.13. The first kappa shape index (κ1) is 11.0. The van der Waals surface area contributed by atoms with E-state index in [2.05, 4.69) is 62.8 Å². The molecule has 0 fully saturated rings. The summed E-state index contributed by atoms with van der Waals surface area (Å²) in [4.78, 5) is 3.33. The van der Waals surface area contributed by atoms with Crippen LogP contribution in [-0.4, -0.2) is 4.98 Å². The van der Waals surface area contributed by atoms with Crippen molar-refractivity contribution >= 4 is 10.9 Å². The lowest BCUT2D eigenvalue weighted by atomic mass is 9.85. The van der Waals surface area contributed by atoms with Crippen molar-refractivity contribution in [3.05, 3.63) is 48.2 Å². The van der Waals surface area contributed by atoms with Crippen LogP contribution in [0.4, 0.5) is 0 Å². The molecule has 0 amide bonds. The van der Waals surface area contributed by atoms with Gasteiger partial charge in [0.25, 0.3) is 0 Å². The SMILES string of the molecule is C=C(C)C(C)C(C)c1c[nH]c2ccccc12. The lowest BCUT2D eigenvalue weighted by Crippen LogP contribution is -2.06. The van der Waals surface area contributed by atoms with Crippen molar-refractivity contribution in [2.45, 2.75) is 26.7 Å². The van der Waals surface area contributed by atoms with Crippen molar-refractivity contribution in [2.24, 2.45) is 5.92 Å². The third-order valence-electron chi connectivity index (χ3n) is 3.64. The number of aromatic amines is 1. The van der Waals surface area contributed by atoms with Crippen molar-refractivity contribution < 1.29 is 0 Å². The van der Waals surface area contributed by atoms with Gasteiger partial charge in [-0.15, -0.1) is 0 Å². The molecule has 0 spiro atoms. The van der Waals surface area contributed by atoms with Crippen LogP contribution in [0.25, 0.3) is 10.9 Å². The van der Waals surface area contributed by atoms with E-state index in [1.807, 2.05) is 0 Å². The summed E-state index contributed by atoms with van der Waals surface area (Å²) in [5.41, 5.74) is 3.86. The normalized spacial score (nSPS) is 14.9. The average molecular weight is 213 g/mol. The Hall–Kier alpha value is -1.50. The molecule has 0 aliphatic rings. The predicted molar refractivity (Wildman–Crippen MR) is 70.7 cm³/mol. The summed E-state index contributed by atoms with van der Waals surface area (Å²) in [6, 6.07) is 8.47. The Morgan fingerprint density at radius 2 is 1.94 bits per heavy atom. The second-order valence-electron chi connectivity index (χ2n) is 4.71. The summed E-state index contributed by atoms with van der Waals surface area (Å²) < 4.78 is 0. The van der Waals surface area contributed by atoms with Gasteiger partial charge >= 0.3 is 0 Å². The van der Waals surface area contributed by atoms with Crippen molar-refractivity contribution in [1.29, 1.82) is 0 Å². The van der Waals surface area contributed by atoms with Crippen molar-refractivity contribution in [3.63, 3.8) is 0 Å². The maximum atomic E-state index is 4.06. The molecular formula is C15H19N. The van der Waals surface area contributed by atoms with E-state index in [1.165, 1.54) is 22.0 Å². The van der Waals surface area contributed by atoms with E-state index in [4.69, 9.17) is 0 Å². The number of H-pyrrole nitrogens is 1. The molecule has 0 aliphatic heterocycles. The van der Waals surface area contributed by atoms with Gasteiger partial charge in [0.2, 0.25) is 0 Å². The molecule has 0 aliphatic carbocycles. The van der Waals surface area contributed by atoms with Gasteiger partial charge < -0.3 is 4.98 Å². The van der Waals surface area contributed by atoms with Crippen LogP contribution in [0.3, 0.4) is 0 Å². The molecule has 0 bridgehead atoms. The lowest BCUT2D eigenvalue weighted by Gasteiger charge is -2.19. The zero-order valence-electron chi connectivity index (χ0n) is 10.2. The van der Waals surface area contributed by atoms with Gasteiger partial charge in [0.05, 0.1) is 0 Å². The largest absolute Gasteiger partial charge is 0.361 e. The van der Waals surface area contributed by atoms with Gasteiger partial charge in [-0.2, -0.15) is 0 Å². The number of hydrogen-bond donors (Lipinski definition) is 1. The molecule has 0 saturated heterocycles. The van der Waals surface area contributed by atoms with Gasteiger partial charge in [-0.3, -0.25) is 0 Å². The highest BCUT2D eigenvalue weighted by Crippen LogP contribution is 2.33. The molecule has 0 saturated carbocycles. The molecule has 1 N–H and O–H groups in total. The summed E-state index contributed by atoms with van der Waals surface area (Å²) in [5, 5.41) is 1.34.